The van der Waals surface area contributed by atoms with Gasteiger partial charge in [0, 0.05) is 5.57 Å². The molecule has 66 valence electrons. The van der Waals surface area contributed by atoms with Crippen molar-refractivity contribution in [2.75, 3.05) is 6.61 Å². The molecular weight excluding hydrogens is 156 g/mol. The van der Waals surface area contributed by atoms with Gasteiger partial charge in [-0.2, -0.15) is 0 Å². The van der Waals surface area contributed by atoms with Crippen molar-refractivity contribution >= 4 is 12.3 Å². The lowest BCUT2D eigenvalue weighted by molar-refractivity contribution is -0.138. The number of hydrogen-bond donors (Lipinski definition) is 0. The Labute approximate surface area is 71.7 Å². The fourth-order valence-corrected chi connectivity index (χ4v) is 0.558. The summed E-state index contributed by atoms with van der Waals surface area (Å²) in [6.07, 6.45) is 4.99. The van der Waals surface area contributed by atoms with Crippen LogP contribution in [0.5, 0.6) is 0 Å². The highest BCUT2D eigenvalue weighted by Gasteiger charge is 2.01. The highest BCUT2D eigenvalue weighted by molar-refractivity contribution is 5.88. The van der Waals surface area contributed by atoms with Crippen molar-refractivity contribution < 1.29 is 14.3 Å². The molecule has 0 bridgehead atoms. The fourth-order valence-electron chi connectivity index (χ4n) is 0.558. The Balaban J connectivity index is 4.07. The summed E-state index contributed by atoms with van der Waals surface area (Å²) in [5.41, 5.74) is 0.481. The Morgan fingerprint density at radius 3 is 2.58 bits per heavy atom. The van der Waals surface area contributed by atoms with Crippen LogP contribution < -0.4 is 0 Å². The van der Waals surface area contributed by atoms with Gasteiger partial charge in [-0.05, 0) is 19.9 Å². The maximum absolute atomic E-state index is 10.9. The van der Waals surface area contributed by atoms with Crippen LogP contribution in [0.25, 0.3) is 0 Å². The summed E-state index contributed by atoms with van der Waals surface area (Å²) in [5, 5.41) is 0. The van der Waals surface area contributed by atoms with Gasteiger partial charge in [-0.25, -0.2) is 4.79 Å². The monoisotopic (exact) mass is 168 g/mol. The van der Waals surface area contributed by atoms with E-state index in [1.807, 2.05) is 0 Å². The zero-order valence-electron chi connectivity index (χ0n) is 7.24. The van der Waals surface area contributed by atoms with Crippen LogP contribution in [-0.2, 0) is 14.3 Å². The van der Waals surface area contributed by atoms with E-state index < -0.39 is 0 Å². The molecule has 0 unspecified atom stereocenters. The van der Waals surface area contributed by atoms with Gasteiger partial charge in [0.1, 0.15) is 6.29 Å². The highest BCUT2D eigenvalue weighted by Crippen LogP contribution is 1.96. The molecule has 0 aromatic carbocycles. The van der Waals surface area contributed by atoms with Gasteiger partial charge >= 0.3 is 5.97 Å². The van der Waals surface area contributed by atoms with E-state index in [1.54, 1.807) is 13.8 Å². The maximum Gasteiger partial charge on any atom is 0.333 e. The van der Waals surface area contributed by atoms with Crippen LogP contribution in [0.2, 0.25) is 0 Å². The molecule has 0 amide bonds. The van der Waals surface area contributed by atoms with Gasteiger partial charge < -0.3 is 4.74 Å². The lowest BCUT2D eigenvalue weighted by Gasteiger charge is -1.98. The zero-order valence-corrected chi connectivity index (χ0v) is 7.24. The Morgan fingerprint density at radius 2 is 2.08 bits per heavy atom. The van der Waals surface area contributed by atoms with Crippen molar-refractivity contribution in [3.05, 3.63) is 23.8 Å². The molecule has 0 fully saturated rings. The summed E-state index contributed by atoms with van der Waals surface area (Å²) in [6.45, 7) is 3.74. The summed E-state index contributed by atoms with van der Waals surface area (Å²) in [7, 11) is 0. The third-order valence-electron chi connectivity index (χ3n) is 1.13. The quantitative estimate of drug-likeness (QED) is 0.274. The Hall–Kier alpha value is -1.38. The molecule has 0 aromatic rings. The van der Waals surface area contributed by atoms with E-state index in [9.17, 15) is 9.59 Å². The molecule has 0 rings (SSSR count). The Kier molecular flexibility index (Phi) is 5.61. The Bertz CT molecular complexity index is 214. The van der Waals surface area contributed by atoms with Crippen LogP contribution >= 0.6 is 0 Å². The lowest BCUT2D eigenvalue weighted by atomic mass is 10.3. The first-order valence-electron chi connectivity index (χ1n) is 3.68. The number of rotatable bonds is 4. The zero-order chi connectivity index (χ0) is 9.40. The van der Waals surface area contributed by atoms with Crippen LogP contribution in [0.1, 0.15) is 13.8 Å². The molecule has 0 atom stereocenters. The van der Waals surface area contributed by atoms with E-state index in [4.69, 9.17) is 4.74 Å². The molecule has 0 saturated heterocycles. The number of carbonyl (C=O) groups is 2. The van der Waals surface area contributed by atoms with Gasteiger partial charge in [-0.3, -0.25) is 4.79 Å². The van der Waals surface area contributed by atoms with Gasteiger partial charge in [0.2, 0.25) is 0 Å². The van der Waals surface area contributed by atoms with E-state index in [1.165, 1.54) is 18.2 Å². The second-order valence-corrected chi connectivity index (χ2v) is 2.09. The topological polar surface area (TPSA) is 43.4 Å². The highest BCUT2D eigenvalue weighted by atomic mass is 16.5. The minimum absolute atomic E-state index is 0.354. The first-order valence-corrected chi connectivity index (χ1v) is 3.68. The van der Waals surface area contributed by atoms with Gasteiger partial charge in [0.25, 0.3) is 0 Å². The first kappa shape index (κ1) is 10.6. The van der Waals surface area contributed by atoms with Crippen LogP contribution in [0.4, 0.5) is 0 Å². The molecule has 0 aliphatic rings. The van der Waals surface area contributed by atoms with E-state index in [0.29, 0.717) is 18.5 Å². The van der Waals surface area contributed by atoms with Crippen molar-refractivity contribution in [2.45, 2.75) is 13.8 Å². The molecule has 0 aromatic heterocycles. The van der Waals surface area contributed by atoms with Crippen LogP contribution in [0, 0.1) is 0 Å². The van der Waals surface area contributed by atoms with Crippen molar-refractivity contribution in [3.8, 4) is 0 Å². The fraction of sp³-hybridized carbons (Fsp3) is 0.333. The number of carbonyl (C=O) groups excluding carboxylic acids is 2. The smallest absolute Gasteiger partial charge is 0.333 e. The third-order valence-corrected chi connectivity index (χ3v) is 1.13. The second-order valence-electron chi connectivity index (χ2n) is 2.09. The molecule has 0 saturated carbocycles. The molecule has 0 aliphatic carbocycles. The second kappa shape index (κ2) is 6.34. The summed E-state index contributed by atoms with van der Waals surface area (Å²) in [4.78, 5) is 20.8. The van der Waals surface area contributed by atoms with Gasteiger partial charge in [-0.15, -0.1) is 0 Å². The summed E-state index contributed by atoms with van der Waals surface area (Å²) in [5.74, 6) is -0.354. The molecule has 3 nitrogen and oxygen atoms in total. The van der Waals surface area contributed by atoms with Crippen molar-refractivity contribution in [3.63, 3.8) is 0 Å². The molecule has 3 heteroatoms. The third kappa shape index (κ3) is 4.44. The predicted molar refractivity (Wildman–Crippen MR) is 45.6 cm³/mol. The summed E-state index contributed by atoms with van der Waals surface area (Å²) < 4.78 is 4.70. The van der Waals surface area contributed by atoms with Crippen LogP contribution in [-0.4, -0.2) is 18.9 Å². The Morgan fingerprint density at radius 1 is 1.42 bits per heavy atom. The van der Waals surface area contributed by atoms with Crippen molar-refractivity contribution in [2.24, 2.45) is 0 Å². The number of hydrogen-bond acceptors (Lipinski definition) is 3. The van der Waals surface area contributed by atoms with Crippen molar-refractivity contribution in [1.82, 2.24) is 0 Å². The molecule has 0 aliphatic heterocycles. The SMILES string of the molecule is CCOC(=O)C(C)=CC=CC=O. The van der Waals surface area contributed by atoms with E-state index in [-0.39, 0.29) is 5.97 Å². The van der Waals surface area contributed by atoms with Gasteiger partial charge in [-0.1, -0.05) is 12.2 Å². The number of aldehydes is 1. The molecule has 0 spiro atoms. The van der Waals surface area contributed by atoms with Crippen LogP contribution in [0.3, 0.4) is 0 Å². The molecular formula is C9H12O3. The summed E-state index contributed by atoms with van der Waals surface area (Å²) >= 11 is 0. The number of ether oxygens (including phenoxy) is 1. The minimum Gasteiger partial charge on any atom is -0.463 e. The number of allylic oxidation sites excluding steroid dienone is 3. The standard InChI is InChI=1S/C9H12O3/c1-3-12-9(11)8(2)6-4-5-7-10/h4-7H,3H2,1-2H3. The molecule has 0 N–H and O–H groups in total. The molecule has 0 heterocycles. The van der Waals surface area contributed by atoms with Crippen molar-refractivity contribution in [1.29, 1.82) is 0 Å². The largest absolute Gasteiger partial charge is 0.463 e. The maximum atomic E-state index is 10.9. The average molecular weight is 168 g/mol. The van der Waals surface area contributed by atoms with E-state index in [0.717, 1.165) is 0 Å². The number of esters is 1. The molecule has 12 heavy (non-hydrogen) atoms. The first-order chi connectivity index (χ1) is 5.72. The predicted octanol–water partition coefficient (Wildman–Crippen LogP) is 1.25. The average Bonchev–Trinajstić information content (AvgIpc) is 2.05. The van der Waals surface area contributed by atoms with E-state index in [2.05, 4.69) is 0 Å². The van der Waals surface area contributed by atoms with Gasteiger partial charge in [0.15, 0.2) is 0 Å². The molecule has 0 radical (unpaired) electrons. The van der Waals surface area contributed by atoms with Gasteiger partial charge in [0.05, 0.1) is 6.61 Å². The lowest BCUT2D eigenvalue weighted by Crippen LogP contribution is -2.04. The summed E-state index contributed by atoms with van der Waals surface area (Å²) in [6, 6.07) is 0. The van der Waals surface area contributed by atoms with Crippen LogP contribution in [0.15, 0.2) is 23.8 Å². The normalized spacial score (nSPS) is 11.7. The van der Waals surface area contributed by atoms with E-state index >= 15 is 0 Å². The minimum atomic E-state index is -0.354.